The Balaban J connectivity index is 1.84. The maximum Gasteiger partial charge on any atom is 0.0995 e. The monoisotopic (exact) mass is 244 g/mol. The summed E-state index contributed by atoms with van der Waals surface area (Å²) in [4.78, 5) is 0. The van der Waals surface area contributed by atoms with Gasteiger partial charge in [0.2, 0.25) is 0 Å². The van der Waals surface area contributed by atoms with E-state index in [4.69, 9.17) is 10.00 Å². The maximum atomic E-state index is 9.01. The third-order valence-corrected chi connectivity index (χ3v) is 3.69. The highest BCUT2D eigenvalue weighted by molar-refractivity contribution is 5.36. The van der Waals surface area contributed by atoms with Crippen LogP contribution in [0.5, 0.6) is 0 Å². The highest BCUT2D eigenvalue weighted by Crippen LogP contribution is 2.22. The average molecular weight is 244 g/mol. The lowest BCUT2D eigenvalue weighted by Gasteiger charge is -2.28. The van der Waals surface area contributed by atoms with Crippen LogP contribution in [0.2, 0.25) is 0 Å². The second-order valence-corrected chi connectivity index (χ2v) is 4.84. The molecule has 0 spiro atoms. The second kappa shape index (κ2) is 6.53. The number of benzene rings is 1. The largest absolute Gasteiger partial charge is 0.373 e. The molecule has 96 valence electrons. The highest BCUT2D eigenvalue weighted by atomic mass is 16.5. The molecule has 3 nitrogen and oxygen atoms in total. The Morgan fingerprint density at radius 1 is 1.28 bits per heavy atom. The Morgan fingerprint density at radius 3 is 2.67 bits per heavy atom. The first-order chi connectivity index (χ1) is 8.83. The van der Waals surface area contributed by atoms with Crippen molar-refractivity contribution >= 4 is 0 Å². The molecular formula is C15H20N2O. The van der Waals surface area contributed by atoms with E-state index >= 15 is 0 Å². The summed E-state index contributed by atoms with van der Waals surface area (Å²) in [6.07, 6.45) is 4.93. The van der Waals surface area contributed by atoms with Gasteiger partial charge in [-0.15, -0.1) is 0 Å². The SMILES string of the molecule is CNC1CCC(OCc2ccccc2C#N)CC1. The average Bonchev–Trinajstić information content (AvgIpc) is 2.46. The van der Waals surface area contributed by atoms with Crippen LogP contribution in [0.1, 0.15) is 36.8 Å². The van der Waals surface area contributed by atoms with Crippen molar-refractivity contribution in [2.75, 3.05) is 7.05 Å². The topological polar surface area (TPSA) is 45.0 Å². The van der Waals surface area contributed by atoms with Gasteiger partial charge in [0.25, 0.3) is 0 Å². The van der Waals surface area contributed by atoms with Gasteiger partial charge in [-0.1, -0.05) is 18.2 Å². The van der Waals surface area contributed by atoms with Crippen LogP contribution in [-0.4, -0.2) is 19.2 Å². The second-order valence-electron chi connectivity index (χ2n) is 4.84. The van der Waals surface area contributed by atoms with Gasteiger partial charge in [-0.3, -0.25) is 0 Å². The Hall–Kier alpha value is -1.37. The lowest BCUT2D eigenvalue weighted by Crippen LogP contribution is -2.32. The molecule has 1 aromatic rings. The minimum atomic E-state index is 0.348. The molecule has 0 heterocycles. The molecule has 1 aromatic carbocycles. The van der Waals surface area contributed by atoms with Gasteiger partial charge in [0, 0.05) is 6.04 Å². The summed E-state index contributed by atoms with van der Waals surface area (Å²) in [6.45, 7) is 0.554. The van der Waals surface area contributed by atoms with Gasteiger partial charge in [0.05, 0.1) is 24.3 Å². The molecule has 18 heavy (non-hydrogen) atoms. The molecule has 1 aliphatic rings. The summed E-state index contributed by atoms with van der Waals surface area (Å²) in [7, 11) is 2.02. The first-order valence-corrected chi connectivity index (χ1v) is 6.60. The first kappa shape index (κ1) is 13.1. The summed E-state index contributed by atoms with van der Waals surface area (Å²) >= 11 is 0. The fraction of sp³-hybridized carbons (Fsp3) is 0.533. The molecule has 1 fully saturated rings. The molecule has 0 atom stereocenters. The summed E-state index contributed by atoms with van der Waals surface area (Å²) < 4.78 is 5.93. The van der Waals surface area contributed by atoms with E-state index in [2.05, 4.69) is 11.4 Å². The summed E-state index contributed by atoms with van der Waals surface area (Å²) in [6, 6.07) is 10.5. The van der Waals surface area contributed by atoms with Crippen molar-refractivity contribution in [3.05, 3.63) is 35.4 Å². The molecule has 0 bridgehead atoms. The zero-order chi connectivity index (χ0) is 12.8. The third kappa shape index (κ3) is 3.32. The number of hydrogen-bond donors (Lipinski definition) is 1. The van der Waals surface area contributed by atoms with Gasteiger partial charge >= 0.3 is 0 Å². The smallest absolute Gasteiger partial charge is 0.0995 e. The molecule has 1 N–H and O–H groups in total. The van der Waals surface area contributed by atoms with Crippen LogP contribution in [-0.2, 0) is 11.3 Å². The molecular weight excluding hydrogens is 224 g/mol. The molecule has 0 aromatic heterocycles. The van der Waals surface area contributed by atoms with Crippen molar-refractivity contribution in [2.24, 2.45) is 0 Å². The van der Waals surface area contributed by atoms with Crippen LogP contribution < -0.4 is 5.32 Å². The van der Waals surface area contributed by atoms with Gasteiger partial charge < -0.3 is 10.1 Å². The number of nitrogens with zero attached hydrogens (tertiary/aromatic N) is 1. The normalized spacial score (nSPS) is 23.6. The number of nitrogens with one attached hydrogen (secondary N) is 1. The van der Waals surface area contributed by atoms with E-state index in [-0.39, 0.29) is 0 Å². The summed E-state index contributed by atoms with van der Waals surface area (Å²) in [5, 5.41) is 12.3. The Labute approximate surface area is 109 Å². The predicted octanol–water partition coefficient (Wildman–Crippen LogP) is 2.61. The van der Waals surface area contributed by atoms with Crippen molar-refractivity contribution < 1.29 is 4.74 Å². The van der Waals surface area contributed by atoms with E-state index < -0.39 is 0 Å². The van der Waals surface area contributed by atoms with Gasteiger partial charge in [-0.2, -0.15) is 5.26 Å². The summed E-state index contributed by atoms with van der Waals surface area (Å²) in [5.41, 5.74) is 1.72. The van der Waals surface area contributed by atoms with Gasteiger partial charge in [0.1, 0.15) is 0 Å². The van der Waals surface area contributed by atoms with Crippen molar-refractivity contribution in [3.8, 4) is 6.07 Å². The van der Waals surface area contributed by atoms with Gasteiger partial charge in [-0.25, -0.2) is 0 Å². The lowest BCUT2D eigenvalue weighted by atomic mass is 9.93. The van der Waals surface area contributed by atoms with E-state index in [1.54, 1.807) is 0 Å². The van der Waals surface area contributed by atoms with Crippen LogP contribution in [0.15, 0.2) is 24.3 Å². The molecule has 0 saturated heterocycles. The molecule has 1 saturated carbocycles. The van der Waals surface area contributed by atoms with Gasteiger partial charge in [0.15, 0.2) is 0 Å². The molecule has 1 aliphatic carbocycles. The number of hydrogen-bond acceptors (Lipinski definition) is 3. The summed E-state index contributed by atoms with van der Waals surface area (Å²) in [5.74, 6) is 0. The lowest BCUT2D eigenvalue weighted by molar-refractivity contribution is 0.0117. The van der Waals surface area contributed by atoms with Crippen LogP contribution in [0.3, 0.4) is 0 Å². The molecule has 0 aliphatic heterocycles. The number of ether oxygens (including phenoxy) is 1. The number of rotatable bonds is 4. The number of nitriles is 1. The van der Waals surface area contributed by atoms with E-state index in [1.165, 1.54) is 12.8 Å². The quantitative estimate of drug-likeness (QED) is 0.885. The van der Waals surface area contributed by atoms with Crippen LogP contribution in [0, 0.1) is 11.3 Å². The van der Waals surface area contributed by atoms with Crippen LogP contribution in [0.4, 0.5) is 0 Å². The zero-order valence-electron chi connectivity index (χ0n) is 10.9. The first-order valence-electron chi connectivity index (χ1n) is 6.60. The fourth-order valence-electron chi connectivity index (χ4n) is 2.48. The zero-order valence-corrected chi connectivity index (χ0v) is 10.9. The Bertz CT molecular complexity index is 417. The van der Waals surface area contributed by atoms with Crippen LogP contribution in [0.25, 0.3) is 0 Å². The Kier molecular flexibility index (Phi) is 4.74. The molecule has 0 radical (unpaired) electrons. The maximum absolute atomic E-state index is 9.01. The van der Waals surface area contributed by atoms with Crippen molar-refractivity contribution in [1.82, 2.24) is 5.32 Å². The van der Waals surface area contributed by atoms with Crippen molar-refractivity contribution in [3.63, 3.8) is 0 Å². The molecule has 3 heteroatoms. The van der Waals surface area contributed by atoms with Crippen molar-refractivity contribution in [1.29, 1.82) is 5.26 Å². The highest BCUT2D eigenvalue weighted by Gasteiger charge is 2.20. The van der Waals surface area contributed by atoms with Crippen molar-refractivity contribution in [2.45, 2.75) is 44.4 Å². The van der Waals surface area contributed by atoms with E-state index in [1.807, 2.05) is 31.3 Å². The molecule has 0 unspecified atom stereocenters. The standard InChI is InChI=1S/C15H20N2O/c1-17-14-6-8-15(9-7-14)18-11-13-5-3-2-4-12(13)10-16/h2-5,14-15,17H,6-9,11H2,1H3. The molecule has 2 rings (SSSR count). The van der Waals surface area contributed by atoms with Gasteiger partial charge in [-0.05, 0) is 44.4 Å². The molecule has 0 amide bonds. The minimum absolute atomic E-state index is 0.348. The minimum Gasteiger partial charge on any atom is -0.373 e. The third-order valence-electron chi connectivity index (χ3n) is 3.69. The van der Waals surface area contributed by atoms with E-state index in [0.29, 0.717) is 18.8 Å². The predicted molar refractivity (Wildman–Crippen MR) is 71.0 cm³/mol. The van der Waals surface area contributed by atoms with E-state index in [0.717, 1.165) is 24.0 Å². The Morgan fingerprint density at radius 2 is 2.00 bits per heavy atom. The van der Waals surface area contributed by atoms with E-state index in [9.17, 15) is 0 Å². The van der Waals surface area contributed by atoms with Crippen LogP contribution >= 0.6 is 0 Å². The fourth-order valence-corrected chi connectivity index (χ4v) is 2.48.